The summed E-state index contributed by atoms with van der Waals surface area (Å²) in [6.07, 6.45) is 13.8. The van der Waals surface area contributed by atoms with Gasteiger partial charge in [-0.2, -0.15) is 0 Å². The van der Waals surface area contributed by atoms with E-state index in [-0.39, 0.29) is 0 Å². The molecule has 0 aromatic carbocycles. The maximum atomic E-state index is 2.65. The molecule has 0 unspecified atom stereocenters. The van der Waals surface area contributed by atoms with Crippen LogP contribution in [0.25, 0.3) is 0 Å². The van der Waals surface area contributed by atoms with Gasteiger partial charge in [-0.15, -0.1) is 0 Å². The molecule has 0 amide bonds. The van der Waals surface area contributed by atoms with Crippen molar-refractivity contribution >= 4 is 0 Å². The minimum absolute atomic E-state index is 0.753. The predicted octanol–water partition coefficient (Wildman–Crippen LogP) is 3.16. The topological polar surface area (TPSA) is 0 Å². The second-order valence-corrected chi connectivity index (χ2v) is 6.16. The van der Waals surface area contributed by atoms with Gasteiger partial charge >= 0.3 is 0 Å². The van der Waals surface area contributed by atoms with Crippen molar-refractivity contribution in [2.45, 2.75) is 25.7 Å². The fourth-order valence-corrected chi connectivity index (χ4v) is 5.75. The Labute approximate surface area is 85.1 Å². The normalized spacial score (nSPS) is 65.1. The quantitative estimate of drug-likeness (QED) is 0.507. The van der Waals surface area contributed by atoms with Crippen LogP contribution in [0, 0.1) is 35.0 Å². The molecule has 0 saturated heterocycles. The predicted molar refractivity (Wildman–Crippen MR) is 55.6 cm³/mol. The zero-order valence-corrected chi connectivity index (χ0v) is 8.45. The van der Waals surface area contributed by atoms with E-state index in [2.05, 4.69) is 18.2 Å². The number of hydrogen-bond acceptors (Lipinski definition) is 0. The molecular formula is C14H16. The van der Waals surface area contributed by atoms with Crippen LogP contribution in [-0.2, 0) is 0 Å². The minimum atomic E-state index is 0.753. The maximum Gasteiger partial charge on any atom is -0.00136 e. The van der Waals surface area contributed by atoms with Crippen LogP contribution in [0.15, 0.2) is 23.8 Å². The van der Waals surface area contributed by atoms with Crippen molar-refractivity contribution in [2.75, 3.05) is 0 Å². The van der Waals surface area contributed by atoms with E-state index in [0.717, 1.165) is 35.0 Å². The third-order valence-electron chi connectivity index (χ3n) is 6.06. The van der Waals surface area contributed by atoms with Crippen molar-refractivity contribution in [1.82, 2.24) is 0 Å². The molecule has 6 rings (SSSR count). The van der Waals surface area contributed by atoms with E-state index in [4.69, 9.17) is 0 Å². The van der Waals surface area contributed by atoms with E-state index in [1.807, 2.05) is 5.57 Å². The summed E-state index contributed by atoms with van der Waals surface area (Å²) in [5, 5.41) is 0. The Kier molecular flexibility index (Phi) is 0.869. The second-order valence-electron chi connectivity index (χ2n) is 6.16. The first-order chi connectivity index (χ1) is 6.91. The molecule has 0 heteroatoms. The summed E-state index contributed by atoms with van der Waals surface area (Å²) in [4.78, 5) is 0. The standard InChI is InChI=1S/C14H16/c1-2-9-6-8-3-4-10-11-7-12(8)14(9,5-1)13(10)11/h3-4,6,8,10-13H,1-2,5,7H2/t8-,10-,11+,12-,13-,14+/m1/s1. The number of allylic oxidation sites excluding steroid dienone is 4. The monoisotopic (exact) mass is 184 g/mol. The highest BCUT2D eigenvalue weighted by Crippen LogP contribution is 2.79. The average molecular weight is 184 g/mol. The van der Waals surface area contributed by atoms with Gasteiger partial charge in [0, 0.05) is 0 Å². The van der Waals surface area contributed by atoms with Crippen LogP contribution in [0.5, 0.6) is 0 Å². The highest BCUT2D eigenvalue weighted by molar-refractivity contribution is 5.43. The first-order valence-corrected chi connectivity index (χ1v) is 6.31. The third-order valence-corrected chi connectivity index (χ3v) is 6.06. The van der Waals surface area contributed by atoms with Gasteiger partial charge in [-0.1, -0.05) is 23.8 Å². The molecule has 6 aliphatic carbocycles. The Hall–Kier alpha value is -0.520. The Bertz CT molecular complexity index is 389. The van der Waals surface area contributed by atoms with Crippen molar-refractivity contribution in [3.63, 3.8) is 0 Å². The Morgan fingerprint density at radius 1 is 1.29 bits per heavy atom. The lowest BCUT2D eigenvalue weighted by molar-refractivity contribution is 0.210. The molecule has 0 aromatic rings. The van der Waals surface area contributed by atoms with Crippen molar-refractivity contribution in [1.29, 1.82) is 0 Å². The molecular weight excluding hydrogens is 168 g/mol. The molecule has 0 radical (unpaired) electrons. The summed E-state index contributed by atoms with van der Waals surface area (Å²) in [5.41, 5.74) is 2.65. The number of rotatable bonds is 0. The van der Waals surface area contributed by atoms with Crippen LogP contribution < -0.4 is 0 Å². The molecule has 14 heavy (non-hydrogen) atoms. The largest absolute Gasteiger partial charge is 0.0842 e. The highest BCUT2D eigenvalue weighted by atomic mass is 14.8. The molecule has 0 heterocycles. The minimum Gasteiger partial charge on any atom is -0.0842 e. The fraction of sp³-hybridized carbons (Fsp3) is 0.714. The molecule has 3 saturated carbocycles. The molecule has 3 fully saturated rings. The summed E-state index contributed by atoms with van der Waals surface area (Å²) in [5.74, 6) is 5.13. The van der Waals surface area contributed by atoms with E-state index < -0.39 is 0 Å². The van der Waals surface area contributed by atoms with Gasteiger partial charge in [0.15, 0.2) is 0 Å². The maximum absolute atomic E-state index is 2.65. The third kappa shape index (κ3) is 0.476. The van der Waals surface area contributed by atoms with Crippen LogP contribution in [-0.4, -0.2) is 0 Å². The zero-order valence-electron chi connectivity index (χ0n) is 8.45. The van der Waals surface area contributed by atoms with Gasteiger partial charge in [-0.25, -0.2) is 0 Å². The van der Waals surface area contributed by atoms with Crippen LogP contribution in [0.2, 0.25) is 0 Å². The van der Waals surface area contributed by atoms with Gasteiger partial charge < -0.3 is 0 Å². The van der Waals surface area contributed by atoms with Gasteiger partial charge in [-0.05, 0) is 60.7 Å². The first-order valence-electron chi connectivity index (χ1n) is 6.31. The van der Waals surface area contributed by atoms with E-state index in [1.165, 1.54) is 12.8 Å². The second kappa shape index (κ2) is 1.77. The molecule has 0 nitrogen and oxygen atoms in total. The van der Waals surface area contributed by atoms with Crippen molar-refractivity contribution in [3.8, 4) is 0 Å². The van der Waals surface area contributed by atoms with Crippen LogP contribution >= 0.6 is 0 Å². The molecule has 72 valence electrons. The van der Waals surface area contributed by atoms with Crippen molar-refractivity contribution in [3.05, 3.63) is 23.8 Å². The number of hydrogen-bond donors (Lipinski definition) is 0. The molecule has 0 aliphatic heterocycles. The van der Waals surface area contributed by atoms with E-state index in [0.29, 0.717) is 0 Å². The summed E-state index contributed by atoms with van der Waals surface area (Å²) >= 11 is 0. The van der Waals surface area contributed by atoms with Gasteiger partial charge in [0.1, 0.15) is 0 Å². The van der Waals surface area contributed by atoms with Gasteiger partial charge in [0.25, 0.3) is 0 Å². The molecule has 1 spiro atoms. The Morgan fingerprint density at radius 2 is 2.29 bits per heavy atom. The molecule has 6 atom stereocenters. The van der Waals surface area contributed by atoms with E-state index in [9.17, 15) is 0 Å². The molecule has 0 aromatic heterocycles. The lowest BCUT2D eigenvalue weighted by atomic mass is 9.71. The molecule has 6 aliphatic rings. The Balaban J connectivity index is 1.83. The summed E-state index contributed by atoms with van der Waals surface area (Å²) < 4.78 is 0. The van der Waals surface area contributed by atoms with E-state index >= 15 is 0 Å². The van der Waals surface area contributed by atoms with Gasteiger partial charge in [-0.3, -0.25) is 0 Å². The fourth-order valence-electron chi connectivity index (χ4n) is 5.75. The van der Waals surface area contributed by atoms with Crippen LogP contribution in [0.4, 0.5) is 0 Å². The van der Waals surface area contributed by atoms with E-state index in [1.54, 1.807) is 12.8 Å². The van der Waals surface area contributed by atoms with Crippen LogP contribution in [0.1, 0.15) is 25.7 Å². The van der Waals surface area contributed by atoms with Crippen molar-refractivity contribution < 1.29 is 0 Å². The van der Waals surface area contributed by atoms with Crippen LogP contribution in [0.3, 0.4) is 0 Å². The van der Waals surface area contributed by atoms with Gasteiger partial charge in [0.2, 0.25) is 0 Å². The van der Waals surface area contributed by atoms with Crippen molar-refractivity contribution in [2.24, 2.45) is 35.0 Å². The summed E-state index contributed by atoms with van der Waals surface area (Å²) in [6.45, 7) is 0. The first kappa shape index (κ1) is 6.87. The summed E-state index contributed by atoms with van der Waals surface area (Å²) in [6, 6.07) is 0. The lowest BCUT2D eigenvalue weighted by Crippen LogP contribution is -2.26. The average Bonchev–Trinajstić information content (AvgIpc) is 2.47. The lowest BCUT2D eigenvalue weighted by Gasteiger charge is -2.32. The highest BCUT2D eigenvalue weighted by Gasteiger charge is 2.73. The SMILES string of the molecule is C1=C[C@@H]2[C@@H]3C[C@@H]4[C@H]1C=C1CCC[C@]14[C@H]23. The Morgan fingerprint density at radius 3 is 3.29 bits per heavy atom. The molecule has 6 bridgehead atoms. The molecule has 0 N–H and O–H groups in total. The summed E-state index contributed by atoms with van der Waals surface area (Å²) in [7, 11) is 0. The zero-order chi connectivity index (χ0) is 8.91. The smallest absolute Gasteiger partial charge is 0.00136 e. The van der Waals surface area contributed by atoms with Gasteiger partial charge in [0.05, 0.1) is 0 Å².